The molecule has 0 aliphatic heterocycles. The maximum atomic E-state index is 11.5. The molecule has 2 aromatic heterocycles. The highest BCUT2D eigenvalue weighted by molar-refractivity contribution is 5.89. The van der Waals surface area contributed by atoms with Crippen molar-refractivity contribution in [2.24, 2.45) is 0 Å². The summed E-state index contributed by atoms with van der Waals surface area (Å²) < 4.78 is 12.3. The molecule has 0 unspecified atom stereocenters. The lowest BCUT2D eigenvalue weighted by Crippen LogP contribution is -2.00. The van der Waals surface area contributed by atoms with E-state index in [-0.39, 0.29) is 0 Å². The van der Waals surface area contributed by atoms with Crippen LogP contribution in [0.5, 0.6) is 11.6 Å². The standard InChI is InChI=1S/C19H14N4O3/c1-25-19(24)13-7-9-15(10-8-13)26-18-16-11-22-23(17(16)20-12-21-18)14-5-3-2-4-6-14/h2-12H,1H3. The Morgan fingerprint density at radius 3 is 2.50 bits per heavy atom. The minimum atomic E-state index is -0.398. The fraction of sp³-hybridized carbons (Fsp3) is 0.0526. The van der Waals surface area contributed by atoms with Crippen LogP contribution in [-0.4, -0.2) is 32.8 Å². The molecule has 128 valence electrons. The number of ether oxygens (including phenoxy) is 2. The Kier molecular flexibility index (Phi) is 4.03. The number of benzene rings is 2. The molecule has 0 bridgehead atoms. The second kappa shape index (κ2) is 6.64. The Morgan fingerprint density at radius 2 is 1.77 bits per heavy atom. The van der Waals surface area contributed by atoms with Crippen molar-refractivity contribution in [3.05, 3.63) is 72.7 Å². The highest BCUT2D eigenvalue weighted by Gasteiger charge is 2.13. The average Bonchev–Trinajstić information content (AvgIpc) is 3.14. The number of methoxy groups -OCH3 is 1. The monoisotopic (exact) mass is 346 g/mol. The molecule has 26 heavy (non-hydrogen) atoms. The van der Waals surface area contributed by atoms with Crippen molar-refractivity contribution in [3.8, 4) is 17.3 Å². The van der Waals surface area contributed by atoms with E-state index < -0.39 is 5.97 Å². The van der Waals surface area contributed by atoms with Gasteiger partial charge < -0.3 is 9.47 Å². The van der Waals surface area contributed by atoms with E-state index in [1.165, 1.54) is 13.4 Å². The summed E-state index contributed by atoms with van der Waals surface area (Å²) in [7, 11) is 1.34. The van der Waals surface area contributed by atoms with Gasteiger partial charge in [0, 0.05) is 0 Å². The van der Waals surface area contributed by atoms with Gasteiger partial charge in [0.25, 0.3) is 0 Å². The van der Waals surface area contributed by atoms with Crippen molar-refractivity contribution in [2.45, 2.75) is 0 Å². The van der Waals surface area contributed by atoms with E-state index in [1.54, 1.807) is 35.1 Å². The zero-order valence-electron chi connectivity index (χ0n) is 13.9. The summed E-state index contributed by atoms with van der Waals surface area (Å²) in [5.74, 6) is 0.540. The smallest absolute Gasteiger partial charge is 0.337 e. The molecule has 4 aromatic rings. The number of carbonyl (C=O) groups excluding carboxylic acids is 1. The molecule has 0 spiro atoms. The number of hydrogen-bond acceptors (Lipinski definition) is 6. The molecule has 2 aromatic carbocycles. The van der Waals surface area contributed by atoms with Crippen LogP contribution in [-0.2, 0) is 4.74 Å². The van der Waals surface area contributed by atoms with Gasteiger partial charge in [-0.1, -0.05) is 18.2 Å². The summed E-state index contributed by atoms with van der Waals surface area (Å²) in [5.41, 5.74) is 1.99. The van der Waals surface area contributed by atoms with E-state index in [9.17, 15) is 4.79 Å². The number of aromatic nitrogens is 4. The molecular weight excluding hydrogens is 332 g/mol. The van der Waals surface area contributed by atoms with Crippen LogP contribution in [0, 0.1) is 0 Å². The van der Waals surface area contributed by atoms with Crippen LogP contribution in [0.15, 0.2) is 67.1 Å². The number of nitrogens with zero attached hydrogens (tertiary/aromatic N) is 4. The van der Waals surface area contributed by atoms with Crippen LogP contribution in [0.1, 0.15) is 10.4 Å². The van der Waals surface area contributed by atoms with Gasteiger partial charge in [-0.15, -0.1) is 0 Å². The van der Waals surface area contributed by atoms with Crippen molar-refractivity contribution in [1.29, 1.82) is 0 Å². The third-order valence-electron chi connectivity index (χ3n) is 3.82. The van der Waals surface area contributed by atoms with E-state index in [0.29, 0.717) is 28.2 Å². The van der Waals surface area contributed by atoms with E-state index in [2.05, 4.69) is 19.8 Å². The molecule has 0 saturated carbocycles. The summed E-state index contributed by atoms with van der Waals surface area (Å²) in [5, 5.41) is 5.08. The van der Waals surface area contributed by atoms with Crippen LogP contribution in [0.25, 0.3) is 16.7 Å². The first kappa shape index (κ1) is 15.8. The van der Waals surface area contributed by atoms with Crippen LogP contribution in [0.2, 0.25) is 0 Å². The lowest BCUT2D eigenvalue weighted by molar-refractivity contribution is 0.0600. The lowest BCUT2D eigenvalue weighted by Gasteiger charge is -2.07. The maximum absolute atomic E-state index is 11.5. The molecular formula is C19H14N4O3. The van der Waals surface area contributed by atoms with E-state index in [1.807, 2.05) is 30.3 Å². The number of hydrogen-bond donors (Lipinski definition) is 0. The van der Waals surface area contributed by atoms with E-state index >= 15 is 0 Å². The number of para-hydroxylation sites is 1. The van der Waals surface area contributed by atoms with Crippen molar-refractivity contribution >= 4 is 17.0 Å². The van der Waals surface area contributed by atoms with Crippen molar-refractivity contribution in [3.63, 3.8) is 0 Å². The minimum Gasteiger partial charge on any atom is -0.465 e. The molecule has 2 heterocycles. The summed E-state index contributed by atoms with van der Waals surface area (Å²) in [4.78, 5) is 20.0. The molecule has 0 atom stereocenters. The zero-order chi connectivity index (χ0) is 17.9. The Bertz CT molecular complexity index is 1060. The second-order valence-corrected chi connectivity index (χ2v) is 5.43. The number of esters is 1. The van der Waals surface area contributed by atoms with Crippen molar-refractivity contribution < 1.29 is 14.3 Å². The first-order valence-electron chi connectivity index (χ1n) is 7.86. The normalized spacial score (nSPS) is 10.7. The first-order valence-corrected chi connectivity index (χ1v) is 7.86. The van der Waals surface area contributed by atoms with Gasteiger partial charge >= 0.3 is 5.97 Å². The predicted octanol–water partition coefficient (Wildman–Crippen LogP) is 3.39. The Hall–Kier alpha value is -3.74. The highest BCUT2D eigenvalue weighted by atomic mass is 16.5. The summed E-state index contributed by atoms with van der Waals surface area (Å²) >= 11 is 0. The lowest BCUT2D eigenvalue weighted by atomic mass is 10.2. The topological polar surface area (TPSA) is 79.1 Å². The highest BCUT2D eigenvalue weighted by Crippen LogP contribution is 2.27. The Labute approximate surface area is 148 Å². The van der Waals surface area contributed by atoms with Gasteiger partial charge in [0.1, 0.15) is 17.5 Å². The molecule has 0 N–H and O–H groups in total. The number of rotatable bonds is 4. The van der Waals surface area contributed by atoms with Gasteiger partial charge in [0.15, 0.2) is 5.65 Å². The van der Waals surface area contributed by atoms with E-state index in [0.717, 1.165) is 5.69 Å². The first-order chi connectivity index (χ1) is 12.8. The van der Waals surface area contributed by atoms with Crippen LogP contribution in [0.4, 0.5) is 0 Å². The van der Waals surface area contributed by atoms with Crippen LogP contribution in [0.3, 0.4) is 0 Å². The maximum Gasteiger partial charge on any atom is 0.337 e. The van der Waals surface area contributed by atoms with Gasteiger partial charge in [0.2, 0.25) is 5.88 Å². The molecule has 4 rings (SSSR count). The Balaban J connectivity index is 1.67. The molecule has 0 radical (unpaired) electrons. The van der Waals surface area contributed by atoms with Gasteiger partial charge in [-0.05, 0) is 36.4 Å². The fourth-order valence-electron chi connectivity index (χ4n) is 2.55. The minimum absolute atomic E-state index is 0.392. The molecule has 0 fully saturated rings. The fourth-order valence-corrected chi connectivity index (χ4v) is 2.55. The van der Waals surface area contributed by atoms with Crippen LogP contribution >= 0.6 is 0 Å². The molecule has 0 saturated heterocycles. The largest absolute Gasteiger partial charge is 0.465 e. The third kappa shape index (κ3) is 2.86. The molecule has 0 aliphatic rings. The SMILES string of the molecule is COC(=O)c1ccc(Oc2ncnc3c2cnn3-c2ccccc2)cc1. The van der Waals surface area contributed by atoms with Gasteiger partial charge in [-0.2, -0.15) is 5.10 Å². The Morgan fingerprint density at radius 1 is 1.00 bits per heavy atom. The third-order valence-corrected chi connectivity index (χ3v) is 3.82. The quantitative estimate of drug-likeness (QED) is 0.527. The van der Waals surface area contributed by atoms with Gasteiger partial charge in [-0.25, -0.2) is 19.4 Å². The predicted molar refractivity (Wildman–Crippen MR) is 94.5 cm³/mol. The summed E-state index contributed by atoms with van der Waals surface area (Å²) in [6.45, 7) is 0. The van der Waals surface area contributed by atoms with E-state index in [4.69, 9.17) is 4.74 Å². The molecule has 7 nitrogen and oxygen atoms in total. The second-order valence-electron chi connectivity index (χ2n) is 5.43. The molecule has 7 heteroatoms. The van der Waals surface area contributed by atoms with Gasteiger partial charge in [-0.3, -0.25) is 0 Å². The van der Waals surface area contributed by atoms with Crippen LogP contribution < -0.4 is 4.74 Å². The number of fused-ring (bicyclic) bond motifs is 1. The van der Waals surface area contributed by atoms with Crippen molar-refractivity contribution in [2.75, 3.05) is 7.11 Å². The zero-order valence-corrected chi connectivity index (χ0v) is 13.9. The average molecular weight is 346 g/mol. The molecule has 0 aliphatic carbocycles. The van der Waals surface area contributed by atoms with Crippen molar-refractivity contribution in [1.82, 2.24) is 19.7 Å². The summed E-state index contributed by atoms with van der Waals surface area (Å²) in [6, 6.07) is 16.3. The molecule has 0 amide bonds. The number of carbonyl (C=O) groups is 1. The van der Waals surface area contributed by atoms with Gasteiger partial charge in [0.05, 0.1) is 24.6 Å². The summed E-state index contributed by atoms with van der Waals surface area (Å²) in [6.07, 6.45) is 3.10.